The standard InChI is InChI=1S/C11H12O2/c1-3-5-7-10(6-4-2)8-9-11(12)13/h3-9H,1-2H2,(H,12,13)/b7-5-,9-8+,10-6+. The van der Waals surface area contributed by atoms with Gasteiger partial charge in [-0.25, -0.2) is 4.79 Å². The predicted octanol–water partition coefficient (Wildman–Crippen LogP) is 2.48. The van der Waals surface area contributed by atoms with E-state index in [-0.39, 0.29) is 0 Å². The zero-order valence-electron chi connectivity index (χ0n) is 7.31. The monoisotopic (exact) mass is 176 g/mol. The number of carbonyl (C=O) groups is 1. The van der Waals surface area contributed by atoms with E-state index in [4.69, 9.17) is 5.11 Å². The van der Waals surface area contributed by atoms with Crippen molar-refractivity contribution in [2.45, 2.75) is 0 Å². The van der Waals surface area contributed by atoms with Crippen LogP contribution in [0.25, 0.3) is 0 Å². The number of allylic oxidation sites excluding steroid dienone is 7. The largest absolute Gasteiger partial charge is 0.478 e. The minimum Gasteiger partial charge on any atom is -0.478 e. The molecule has 0 aliphatic carbocycles. The molecule has 0 unspecified atom stereocenters. The molecular formula is C11H12O2. The van der Waals surface area contributed by atoms with Gasteiger partial charge < -0.3 is 5.11 Å². The second kappa shape index (κ2) is 6.85. The summed E-state index contributed by atoms with van der Waals surface area (Å²) in [4.78, 5) is 10.2. The number of hydrogen-bond donors (Lipinski definition) is 1. The fraction of sp³-hybridized carbons (Fsp3) is 0. The molecule has 0 aromatic carbocycles. The normalized spacial score (nSPS) is 12.2. The molecule has 0 spiro atoms. The molecule has 0 radical (unpaired) electrons. The van der Waals surface area contributed by atoms with Crippen molar-refractivity contribution in [3.63, 3.8) is 0 Å². The van der Waals surface area contributed by atoms with Crippen molar-refractivity contribution in [3.8, 4) is 0 Å². The third kappa shape index (κ3) is 6.56. The molecule has 0 aliphatic rings. The zero-order chi connectivity index (χ0) is 10.1. The fourth-order valence-corrected chi connectivity index (χ4v) is 0.649. The fourth-order valence-electron chi connectivity index (χ4n) is 0.649. The molecule has 0 saturated heterocycles. The van der Waals surface area contributed by atoms with Gasteiger partial charge in [0, 0.05) is 6.08 Å². The lowest BCUT2D eigenvalue weighted by atomic mass is 10.2. The highest BCUT2D eigenvalue weighted by molar-refractivity contribution is 5.80. The minimum atomic E-state index is -0.970. The zero-order valence-corrected chi connectivity index (χ0v) is 7.31. The highest BCUT2D eigenvalue weighted by atomic mass is 16.4. The highest BCUT2D eigenvalue weighted by Gasteiger charge is 1.87. The molecule has 0 rings (SSSR count). The summed E-state index contributed by atoms with van der Waals surface area (Å²) in [7, 11) is 0. The number of carboxylic acids is 1. The average molecular weight is 176 g/mol. The first-order chi connectivity index (χ1) is 6.20. The number of rotatable bonds is 5. The molecule has 0 heterocycles. The lowest BCUT2D eigenvalue weighted by Gasteiger charge is -1.89. The van der Waals surface area contributed by atoms with Gasteiger partial charge in [-0.15, -0.1) is 0 Å². The Bertz CT molecular complexity index is 280. The summed E-state index contributed by atoms with van der Waals surface area (Å²) in [6.45, 7) is 7.03. The van der Waals surface area contributed by atoms with Crippen LogP contribution in [0.5, 0.6) is 0 Å². The van der Waals surface area contributed by atoms with Gasteiger partial charge in [-0.1, -0.05) is 43.5 Å². The quantitative estimate of drug-likeness (QED) is 0.516. The van der Waals surface area contributed by atoms with Gasteiger partial charge >= 0.3 is 5.97 Å². The number of carboxylic acid groups (broad SMARTS) is 1. The van der Waals surface area contributed by atoms with Crippen LogP contribution < -0.4 is 0 Å². The maximum absolute atomic E-state index is 10.2. The first kappa shape index (κ1) is 11.2. The molecule has 68 valence electrons. The van der Waals surface area contributed by atoms with E-state index < -0.39 is 5.97 Å². The summed E-state index contributed by atoms with van der Waals surface area (Å²) in [5.41, 5.74) is 0.761. The Morgan fingerprint density at radius 2 is 1.77 bits per heavy atom. The van der Waals surface area contributed by atoms with E-state index in [0.717, 1.165) is 11.6 Å². The first-order valence-electron chi connectivity index (χ1n) is 3.73. The summed E-state index contributed by atoms with van der Waals surface area (Å²) in [5, 5.41) is 8.37. The van der Waals surface area contributed by atoms with E-state index in [9.17, 15) is 4.79 Å². The van der Waals surface area contributed by atoms with Crippen molar-refractivity contribution >= 4 is 5.97 Å². The molecule has 0 aromatic heterocycles. The molecule has 2 nitrogen and oxygen atoms in total. The van der Waals surface area contributed by atoms with Crippen LogP contribution in [0.2, 0.25) is 0 Å². The molecule has 13 heavy (non-hydrogen) atoms. The lowest BCUT2D eigenvalue weighted by Crippen LogP contribution is -1.86. The van der Waals surface area contributed by atoms with Crippen LogP contribution in [0, 0.1) is 0 Å². The molecule has 2 heteroatoms. The summed E-state index contributed by atoms with van der Waals surface area (Å²) >= 11 is 0. The molecule has 1 N–H and O–H groups in total. The van der Waals surface area contributed by atoms with Crippen LogP contribution >= 0.6 is 0 Å². The lowest BCUT2D eigenvalue weighted by molar-refractivity contribution is -0.131. The number of aliphatic carboxylic acids is 1. The van der Waals surface area contributed by atoms with Crippen LogP contribution in [0.15, 0.2) is 61.3 Å². The Morgan fingerprint density at radius 1 is 1.08 bits per heavy atom. The van der Waals surface area contributed by atoms with Crippen molar-refractivity contribution < 1.29 is 9.90 Å². The van der Waals surface area contributed by atoms with Crippen molar-refractivity contribution in [2.75, 3.05) is 0 Å². The van der Waals surface area contributed by atoms with Gasteiger partial charge in [0.2, 0.25) is 0 Å². The summed E-state index contributed by atoms with van der Waals surface area (Å²) in [5.74, 6) is -0.970. The molecule has 0 saturated carbocycles. The van der Waals surface area contributed by atoms with Gasteiger partial charge in [-0.2, -0.15) is 0 Å². The second-order valence-corrected chi connectivity index (χ2v) is 2.17. The van der Waals surface area contributed by atoms with Crippen molar-refractivity contribution in [1.29, 1.82) is 0 Å². The molecule has 0 bridgehead atoms. The predicted molar refractivity (Wildman–Crippen MR) is 54.4 cm³/mol. The Labute approximate surface area is 77.9 Å². The Balaban J connectivity index is 4.53. The van der Waals surface area contributed by atoms with Gasteiger partial charge in [-0.3, -0.25) is 0 Å². The molecule has 0 fully saturated rings. The number of hydrogen-bond acceptors (Lipinski definition) is 1. The maximum atomic E-state index is 10.2. The van der Waals surface area contributed by atoms with E-state index in [1.54, 1.807) is 30.4 Å². The Kier molecular flexibility index (Phi) is 5.89. The second-order valence-electron chi connectivity index (χ2n) is 2.17. The first-order valence-corrected chi connectivity index (χ1v) is 3.73. The summed E-state index contributed by atoms with van der Waals surface area (Å²) in [6.07, 6.45) is 10.9. The van der Waals surface area contributed by atoms with E-state index in [1.165, 1.54) is 6.08 Å². The van der Waals surface area contributed by atoms with E-state index >= 15 is 0 Å². The minimum absolute atomic E-state index is 0.761. The van der Waals surface area contributed by atoms with Crippen LogP contribution in [-0.2, 0) is 4.79 Å². The average Bonchev–Trinajstić information content (AvgIpc) is 2.09. The topological polar surface area (TPSA) is 37.3 Å². The summed E-state index contributed by atoms with van der Waals surface area (Å²) in [6, 6.07) is 0. The third-order valence-corrected chi connectivity index (χ3v) is 1.15. The van der Waals surface area contributed by atoms with E-state index in [0.29, 0.717) is 0 Å². The van der Waals surface area contributed by atoms with Crippen molar-refractivity contribution in [1.82, 2.24) is 0 Å². The van der Waals surface area contributed by atoms with Crippen molar-refractivity contribution in [2.24, 2.45) is 0 Å². The maximum Gasteiger partial charge on any atom is 0.328 e. The SMILES string of the molecule is C=C\C=C/C(/C=C/C(=O)O)=C\C=C. The van der Waals surface area contributed by atoms with Crippen LogP contribution in [-0.4, -0.2) is 11.1 Å². The molecule has 0 aromatic rings. The van der Waals surface area contributed by atoms with Crippen molar-refractivity contribution in [3.05, 3.63) is 61.3 Å². The molecule has 0 aliphatic heterocycles. The Hall–Kier alpha value is -1.83. The third-order valence-electron chi connectivity index (χ3n) is 1.15. The van der Waals surface area contributed by atoms with Gasteiger partial charge in [-0.05, 0) is 11.6 Å². The van der Waals surface area contributed by atoms with E-state index in [1.807, 2.05) is 0 Å². The highest BCUT2D eigenvalue weighted by Crippen LogP contribution is 1.99. The van der Waals surface area contributed by atoms with Gasteiger partial charge in [0.1, 0.15) is 0 Å². The van der Waals surface area contributed by atoms with Crippen LogP contribution in [0.1, 0.15) is 0 Å². The summed E-state index contributed by atoms with van der Waals surface area (Å²) < 4.78 is 0. The van der Waals surface area contributed by atoms with E-state index in [2.05, 4.69) is 13.2 Å². The smallest absolute Gasteiger partial charge is 0.328 e. The molecule has 0 atom stereocenters. The Morgan fingerprint density at radius 3 is 2.23 bits per heavy atom. The molecule has 0 amide bonds. The van der Waals surface area contributed by atoms with Gasteiger partial charge in [0.15, 0.2) is 0 Å². The van der Waals surface area contributed by atoms with Crippen LogP contribution in [0.4, 0.5) is 0 Å². The van der Waals surface area contributed by atoms with Gasteiger partial charge in [0.05, 0.1) is 0 Å². The van der Waals surface area contributed by atoms with Gasteiger partial charge in [0.25, 0.3) is 0 Å². The van der Waals surface area contributed by atoms with Crippen LogP contribution in [0.3, 0.4) is 0 Å². The molecular weight excluding hydrogens is 164 g/mol.